The van der Waals surface area contributed by atoms with E-state index in [0.29, 0.717) is 34.8 Å². The van der Waals surface area contributed by atoms with Crippen LogP contribution in [0.5, 0.6) is 11.5 Å². The Bertz CT molecular complexity index is 2290. The molecule has 12 nitrogen and oxygen atoms in total. The number of fused-ring (bicyclic) bond motifs is 2. The number of hydrogen-bond donors (Lipinski definition) is 2. The molecule has 12 heteroatoms. The Morgan fingerprint density at radius 1 is 0.623 bits per heavy atom. The Labute approximate surface area is 308 Å². The molecule has 2 aliphatic rings. The molecule has 4 aromatic heterocycles. The van der Waals surface area contributed by atoms with Crippen LogP contribution in [0.1, 0.15) is 20.3 Å². The fraction of sp³-hybridized carbons (Fsp3) is 0.317. The van der Waals surface area contributed by atoms with Crippen LogP contribution in [0.4, 0.5) is 11.4 Å². The third-order valence-electron chi connectivity index (χ3n) is 9.69. The summed E-state index contributed by atoms with van der Waals surface area (Å²) in [5.74, 6) is 1.56. The van der Waals surface area contributed by atoms with E-state index in [0.717, 1.165) is 79.7 Å². The standard InChI is InChI=1S/C21H24N4O2.C20H22N4O2/c1-14-11-24(12-15(2)22-14)17-6-9-20-23-19(10-21(26)25(20)13-17)16-4-7-18(27-3)8-5-16;1-26-17-6-3-15(4-7-17)18-13-20(25)24-14-16(5-8-19(24)22-18)23-11-2-9-21-10-12-23/h4-10,13-15,22H,11-12H2,1-3H3;3-8,13-14,21H,2,9-12H2,1H3/t14-,15+;. The van der Waals surface area contributed by atoms with Gasteiger partial charge in [-0.1, -0.05) is 0 Å². The number of benzene rings is 2. The number of pyridine rings is 2. The first-order valence-corrected chi connectivity index (χ1v) is 18.1. The van der Waals surface area contributed by atoms with Gasteiger partial charge in [0.15, 0.2) is 0 Å². The molecule has 2 aliphatic heterocycles. The van der Waals surface area contributed by atoms with Crippen molar-refractivity contribution >= 4 is 22.7 Å². The maximum atomic E-state index is 12.7. The van der Waals surface area contributed by atoms with Crippen LogP contribution < -0.4 is 41.0 Å². The normalized spacial score (nSPS) is 17.6. The molecule has 0 radical (unpaired) electrons. The number of anilines is 2. The van der Waals surface area contributed by atoms with E-state index in [9.17, 15) is 9.59 Å². The van der Waals surface area contributed by atoms with E-state index in [1.165, 1.54) is 0 Å². The Balaban J connectivity index is 0.000000164. The number of piperazine rings is 1. The van der Waals surface area contributed by atoms with Crippen molar-refractivity contribution in [2.75, 3.05) is 63.3 Å². The molecule has 2 aromatic carbocycles. The van der Waals surface area contributed by atoms with E-state index in [1.54, 1.807) is 35.2 Å². The van der Waals surface area contributed by atoms with Gasteiger partial charge in [-0.25, -0.2) is 9.97 Å². The van der Waals surface area contributed by atoms with Crippen molar-refractivity contribution in [2.45, 2.75) is 32.4 Å². The average Bonchev–Trinajstić information content (AvgIpc) is 3.48. The zero-order chi connectivity index (χ0) is 36.9. The summed E-state index contributed by atoms with van der Waals surface area (Å²) in [5.41, 5.74) is 6.38. The Hall–Kier alpha value is -5.72. The molecule has 0 saturated carbocycles. The fourth-order valence-electron chi connectivity index (χ4n) is 7.02. The number of hydrogen-bond acceptors (Lipinski definition) is 10. The van der Waals surface area contributed by atoms with Crippen molar-refractivity contribution in [1.29, 1.82) is 0 Å². The minimum Gasteiger partial charge on any atom is -0.497 e. The fourth-order valence-corrected chi connectivity index (χ4v) is 7.02. The van der Waals surface area contributed by atoms with Gasteiger partial charge in [0.2, 0.25) is 0 Å². The monoisotopic (exact) mass is 714 g/mol. The van der Waals surface area contributed by atoms with Gasteiger partial charge in [0.25, 0.3) is 11.1 Å². The highest BCUT2D eigenvalue weighted by atomic mass is 16.5. The molecule has 0 unspecified atom stereocenters. The SMILES string of the molecule is COc1ccc(-c2cc(=O)n3cc(N4CCCNCC4)ccc3n2)cc1.COc1ccc(-c2cc(=O)n3cc(N4C[C@@H](C)N[C@@H](C)C4)ccc3n2)cc1. The van der Waals surface area contributed by atoms with E-state index in [4.69, 9.17) is 9.47 Å². The first-order valence-electron chi connectivity index (χ1n) is 18.1. The quantitative estimate of drug-likeness (QED) is 0.251. The number of nitrogens with zero attached hydrogens (tertiary/aromatic N) is 6. The number of ether oxygens (including phenoxy) is 2. The van der Waals surface area contributed by atoms with Crippen LogP contribution in [-0.2, 0) is 0 Å². The van der Waals surface area contributed by atoms with E-state index in [1.807, 2.05) is 85.2 Å². The smallest absolute Gasteiger partial charge is 0.258 e. The van der Waals surface area contributed by atoms with Gasteiger partial charge in [-0.2, -0.15) is 0 Å². The van der Waals surface area contributed by atoms with E-state index in [-0.39, 0.29) is 11.1 Å². The van der Waals surface area contributed by atoms with Crippen LogP contribution in [0.2, 0.25) is 0 Å². The molecule has 0 amide bonds. The van der Waals surface area contributed by atoms with Crippen molar-refractivity contribution in [1.82, 2.24) is 29.4 Å². The van der Waals surface area contributed by atoms with Crippen molar-refractivity contribution in [2.24, 2.45) is 0 Å². The van der Waals surface area contributed by atoms with Crippen LogP contribution in [0.25, 0.3) is 33.8 Å². The molecular formula is C41H46N8O4. The summed E-state index contributed by atoms with van der Waals surface area (Å²) in [6.07, 6.45) is 4.89. The lowest BCUT2D eigenvalue weighted by molar-refractivity contribution is 0.407. The zero-order valence-corrected chi connectivity index (χ0v) is 30.7. The van der Waals surface area contributed by atoms with Gasteiger partial charge >= 0.3 is 0 Å². The summed E-state index contributed by atoms with van der Waals surface area (Å²) in [6.45, 7) is 10.1. The van der Waals surface area contributed by atoms with Crippen LogP contribution in [0, 0.1) is 0 Å². The molecule has 6 aromatic rings. The largest absolute Gasteiger partial charge is 0.497 e. The molecule has 53 heavy (non-hydrogen) atoms. The second kappa shape index (κ2) is 15.9. The molecule has 0 spiro atoms. The summed E-state index contributed by atoms with van der Waals surface area (Å²) in [7, 11) is 3.26. The van der Waals surface area contributed by atoms with Crippen molar-refractivity contribution in [3.63, 3.8) is 0 Å². The molecule has 0 aliphatic carbocycles. The molecule has 8 rings (SSSR count). The Morgan fingerprint density at radius 3 is 1.60 bits per heavy atom. The zero-order valence-electron chi connectivity index (χ0n) is 30.7. The summed E-state index contributed by atoms with van der Waals surface area (Å²) in [5, 5.41) is 6.93. The predicted molar refractivity (Wildman–Crippen MR) is 211 cm³/mol. The van der Waals surface area contributed by atoms with Crippen molar-refractivity contribution in [3.8, 4) is 34.0 Å². The van der Waals surface area contributed by atoms with Gasteiger partial charge in [0.1, 0.15) is 22.8 Å². The summed E-state index contributed by atoms with van der Waals surface area (Å²) >= 11 is 0. The molecular weight excluding hydrogens is 669 g/mol. The summed E-state index contributed by atoms with van der Waals surface area (Å²) in [4.78, 5) is 39.3. The van der Waals surface area contributed by atoms with Crippen molar-refractivity contribution in [3.05, 3.63) is 118 Å². The highest BCUT2D eigenvalue weighted by Crippen LogP contribution is 2.24. The Kier molecular flexibility index (Phi) is 10.7. The minimum atomic E-state index is -0.0797. The first kappa shape index (κ1) is 35.7. The van der Waals surface area contributed by atoms with Crippen LogP contribution in [-0.4, -0.2) is 84.3 Å². The third kappa shape index (κ3) is 8.19. The number of aromatic nitrogens is 4. The van der Waals surface area contributed by atoms with E-state index < -0.39 is 0 Å². The lowest BCUT2D eigenvalue weighted by Crippen LogP contribution is -2.54. The maximum absolute atomic E-state index is 12.7. The highest BCUT2D eigenvalue weighted by molar-refractivity contribution is 5.65. The number of rotatable bonds is 6. The predicted octanol–water partition coefficient (Wildman–Crippen LogP) is 4.73. The van der Waals surface area contributed by atoms with Crippen LogP contribution in [0.3, 0.4) is 0 Å². The molecule has 6 heterocycles. The lowest BCUT2D eigenvalue weighted by atomic mass is 10.1. The second-order valence-electron chi connectivity index (χ2n) is 13.6. The van der Waals surface area contributed by atoms with Crippen LogP contribution >= 0.6 is 0 Å². The van der Waals surface area contributed by atoms with Crippen molar-refractivity contribution < 1.29 is 9.47 Å². The average molecular weight is 715 g/mol. The van der Waals surface area contributed by atoms with E-state index in [2.05, 4.69) is 44.2 Å². The second-order valence-corrected chi connectivity index (χ2v) is 13.6. The van der Waals surface area contributed by atoms with Gasteiger partial charge in [-0.15, -0.1) is 0 Å². The minimum absolute atomic E-state index is 0.0735. The molecule has 274 valence electrons. The summed E-state index contributed by atoms with van der Waals surface area (Å²) in [6, 6.07) is 27.1. The first-order chi connectivity index (χ1) is 25.8. The van der Waals surface area contributed by atoms with E-state index >= 15 is 0 Å². The van der Waals surface area contributed by atoms with Gasteiger partial charge in [0.05, 0.1) is 37.0 Å². The molecule has 2 N–H and O–H groups in total. The molecule has 2 atom stereocenters. The van der Waals surface area contributed by atoms with Gasteiger partial charge in [-0.05, 0) is 99.6 Å². The van der Waals surface area contributed by atoms with Gasteiger partial charge < -0.3 is 29.9 Å². The van der Waals surface area contributed by atoms with Crippen LogP contribution in [0.15, 0.2) is 107 Å². The lowest BCUT2D eigenvalue weighted by Gasteiger charge is -2.37. The maximum Gasteiger partial charge on any atom is 0.258 e. The van der Waals surface area contributed by atoms with Gasteiger partial charge in [-0.3, -0.25) is 18.4 Å². The molecule has 2 saturated heterocycles. The topological polar surface area (TPSA) is 118 Å². The number of nitrogens with one attached hydrogen (secondary N) is 2. The molecule has 2 fully saturated rings. The summed E-state index contributed by atoms with van der Waals surface area (Å²) < 4.78 is 13.6. The third-order valence-corrected chi connectivity index (χ3v) is 9.69. The molecule has 0 bridgehead atoms. The highest BCUT2D eigenvalue weighted by Gasteiger charge is 2.21. The van der Waals surface area contributed by atoms with Gasteiger partial charge in [0, 0.05) is 80.5 Å². The number of methoxy groups -OCH3 is 2. The Morgan fingerprint density at radius 2 is 1.11 bits per heavy atom.